The summed E-state index contributed by atoms with van der Waals surface area (Å²) in [6, 6.07) is 18.7. The number of allylic oxidation sites excluding steroid dienone is 1. The molecule has 0 aliphatic carbocycles. The number of aromatic nitrogens is 2. The minimum atomic E-state index is -0.0951. The lowest BCUT2D eigenvalue weighted by molar-refractivity contribution is 0.386. The van der Waals surface area contributed by atoms with Crippen molar-refractivity contribution in [3.63, 3.8) is 0 Å². The number of hydrogen-bond donors (Lipinski definition) is 0. The molecule has 1 heterocycles. The van der Waals surface area contributed by atoms with Gasteiger partial charge >= 0.3 is 0 Å². The zero-order valence-corrected chi connectivity index (χ0v) is 17.6. The van der Waals surface area contributed by atoms with E-state index in [2.05, 4.69) is 104 Å². The normalized spacial score (nSPS) is 13.4. The highest BCUT2D eigenvalue weighted by molar-refractivity contribution is 5.76. The Kier molecular flexibility index (Phi) is 5.68. The fraction of sp³-hybridized carbons (Fsp3) is 0.333. The van der Waals surface area contributed by atoms with Crippen molar-refractivity contribution in [3.8, 4) is 0 Å². The molecule has 0 amide bonds. The number of hydrogen-bond acceptors (Lipinski definition) is 4. The van der Waals surface area contributed by atoms with E-state index in [1.807, 2.05) is 13.0 Å². The van der Waals surface area contributed by atoms with Gasteiger partial charge in [-0.05, 0) is 65.3 Å². The Hall–Kier alpha value is -2.88. The van der Waals surface area contributed by atoms with E-state index in [0.717, 1.165) is 16.8 Å². The first kappa shape index (κ1) is 19.9. The van der Waals surface area contributed by atoms with Crippen LogP contribution in [-0.4, -0.2) is 15.7 Å². The van der Waals surface area contributed by atoms with E-state index in [9.17, 15) is 0 Å². The zero-order chi connectivity index (χ0) is 20.3. The molecular formula is C24H29N3O. The van der Waals surface area contributed by atoms with E-state index in [1.54, 1.807) is 0 Å². The molecule has 3 rings (SSSR count). The molecular weight excluding hydrogens is 346 g/mol. The van der Waals surface area contributed by atoms with E-state index < -0.39 is 0 Å². The maximum atomic E-state index is 6.07. The lowest BCUT2D eigenvalue weighted by Crippen LogP contribution is -2.43. The van der Waals surface area contributed by atoms with Crippen LogP contribution in [0.4, 0.5) is 5.69 Å². The van der Waals surface area contributed by atoms with E-state index in [4.69, 9.17) is 4.42 Å². The first-order valence-corrected chi connectivity index (χ1v) is 9.69. The second-order valence-electron chi connectivity index (χ2n) is 8.24. The summed E-state index contributed by atoms with van der Waals surface area (Å²) in [6.07, 6.45) is 2.07. The molecule has 4 heteroatoms. The molecule has 1 atom stereocenters. The highest BCUT2D eigenvalue weighted by Crippen LogP contribution is 2.33. The van der Waals surface area contributed by atoms with Gasteiger partial charge in [0.1, 0.15) is 6.04 Å². The molecule has 0 saturated heterocycles. The first-order valence-electron chi connectivity index (χ1n) is 9.69. The molecule has 0 spiro atoms. The van der Waals surface area contributed by atoms with Gasteiger partial charge in [-0.2, -0.15) is 0 Å². The molecule has 4 nitrogen and oxygen atoms in total. The van der Waals surface area contributed by atoms with Crippen molar-refractivity contribution in [1.29, 1.82) is 0 Å². The minimum Gasteiger partial charge on any atom is -0.419 e. The Labute approximate surface area is 167 Å². The second kappa shape index (κ2) is 8.01. The molecule has 0 bridgehead atoms. The average molecular weight is 376 g/mol. The van der Waals surface area contributed by atoms with Crippen molar-refractivity contribution in [1.82, 2.24) is 10.2 Å². The summed E-state index contributed by atoms with van der Waals surface area (Å²) >= 11 is 0. The van der Waals surface area contributed by atoms with Crippen molar-refractivity contribution in [3.05, 3.63) is 77.5 Å². The fourth-order valence-corrected chi connectivity index (χ4v) is 3.43. The highest BCUT2D eigenvalue weighted by Gasteiger charge is 2.30. The average Bonchev–Trinajstić information content (AvgIpc) is 3.14. The predicted molar refractivity (Wildman–Crippen MR) is 116 cm³/mol. The van der Waals surface area contributed by atoms with Crippen LogP contribution in [0, 0.1) is 6.92 Å². The molecule has 0 saturated carbocycles. The van der Waals surface area contributed by atoms with Crippen LogP contribution in [-0.2, 0) is 0 Å². The molecule has 28 heavy (non-hydrogen) atoms. The summed E-state index contributed by atoms with van der Waals surface area (Å²) in [5, 5.41) is 8.65. The molecule has 0 aliphatic rings. The van der Waals surface area contributed by atoms with Crippen LogP contribution in [0.5, 0.6) is 0 Å². The van der Waals surface area contributed by atoms with E-state index in [1.165, 1.54) is 5.56 Å². The van der Waals surface area contributed by atoms with E-state index in [0.29, 0.717) is 11.8 Å². The number of anilines is 1. The molecule has 0 radical (unpaired) electrons. The summed E-state index contributed by atoms with van der Waals surface area (Å²) in [6.45, 7) is 12.8. The summed E-state index contributed by atoms with van der Waals surface area (Å²) in [4.78, 5) is 2.31. The van der Waals surface area contributed by atoms with Gasteiger partial charge in [0.05, 0.1) is 0 Å². The largest absolute Gasteiger partial charge is 0.419 e. The van der Waals surface area contributed by atoms with Gasteiger partial charge < -0.3 is 9.32 Å². The number of para-hydroxylation sites is 1. The predicted octanol–water partition coefficient (Wildman–Crippen LogP) is 6.30. The SMILES string of the molecule is C/C(=C\c1ccc(C)cc1)c1nnc(C(C)N(c2ccccc2)C(C)(C)C)o1. The Morgan fingerprint density at radius 2 is 1.64 bits per heavy atom. The fourth-order valence-electron chi connectivity index (χ4n) is 3.43. The van der Waals surface area contributed by atoms with Crippen LogP contribution in [0.1, 0.15) is 63.6 Å². The summed E-state index contributed by atoms with van der Waals surface area (Å²) in [7, 11) is 0. The Morgan fingerprint density at radius 3 is 2.25 bits per heavy atom. The highest BCUT2D eigenvalue weighted by atomic mass is 16.4. The quantitative estimate of drug-likeness (QED) is 0.524. The van der Waals surface area contributed by atoms with Gasteiger partial charge in [-0.15, -0.1) is 10.2 Å². The van der Waals surface area contributed by atoms with Crippen molar-refractivity contribution >= 4 is 17.3 Å². The smallest absolute Gasteiger partial charge is 0.243 e. The third-order valence-electron chi connectivity index (χ3n) is 4.74. The van der Waals surface area contributed by atoms with Crippen LogP contribution in [0.25, 0.3) is 11.6 Å². The maximum Gasteiger partial charge on any atom is 0.243 e. The lowest BCUT2D eigenvalue weighted by atomic mass is 10.0. The molecule has 146 valence electrons. The number of aryl methyl sites for hydroxylation is 1. The third kappa shape index (κ3) is 4.50. The molecule has 0 fully saturated rings. The molecule has 1 unspecified atom stereocenters. The van der Waals surface area contributed by atoms with Crippen molar-refractivity contribution < 1.29 is 4.42 Å². The summed E-state index contributed by atoms with van der Waals surface area (Å²) in [5.41, 5.74) is 4.36. The number of rotatable bonds is 5. The van der Waals surface area contributed by atoms with Crippen LogP contribution < -0.4 is 4.90 Å². The van der Waals surface area contributed by atoms with Crippen molar-refractivity contribution in [2.45, 2.75) is 53.1 Å². The van der Waals surface area contributed by atoms with Crippen molar-refractivity contribution in [2.75, 3.05) is 4.90 Å². The van der Waals surface area contributed by atoms with Crippen LogP contribution in [0.3, 0.4) is 0 Å². The van der Waals surface area contributed by atoms with Gasteiger partial charge in [-0.1, -0.05) is 48.0 Å². The van der Waals surface area contributed by atoms with Gasteiger partial charge in [-0.3, -0.25) is 0 Å². The Morgan fingerprint density at radius 1 is 1.00 bits per heavy atom. The van der Waals surface area contributed by atoms with Gasteiger partial charge in [-0.25, -0.2) is 0 Å². The maximum absolute atomic E-state index is 6.07. The minimum absolute atomic E-state index is 0.0455. The van der Waals surface area contributed by atoms with Crippen LogP contribution >= 0.6 is 0 Å². The molecule has 0 aliphatic heterocycles. The van der Waals surface area contributed by atoms with E-state index in [-0.39, 0.29) is 11.6 Å². The standard InChI is InChI=1S/C24H29N3O/c1-17-12-14-20(15-13-17)16-18(2)22-25-26-23(28-22)19(3)27(24(4,5)6)21-10-8-7-9-11-21/h7-16,19H,1-6H3/b18-16+. The topological polar surface area (TPSA) is 42.2 Å². The van der Waals surface area contributed by atoms with Gasteiger partial charge in [0.25, 0.3) is 0 Å². The van der Waals surface area contributed by atoms with Gasteiger partial charge in [0, 0.05) is 16.8 Å². The summed E-state index contributed by atoms with van der Waals surface area (Å²) in [5.74, 6) is 1.18. The molecule has 2 aromatic carbocycles. The molecule has 0 N–H and O–H groups in total. The Bertz CT molecular complexity index is 934. The third-order valence-corrected chi connectivity index (χ3v) is 4.74. The monoisotopic (exact) mass is 375 g/mol. The van der Waals surface area contributed by atoms with Gasteiger partial charge in [0.2, 0.25) is 11.8 Å². The van der Waals surface area contributed by atoms with E-state index >= 15 is 0 Å². The molecule has 3 aromatic rings. The number of benzene rings is 2. The number of nitrogens with zero attached hydrogens (tertiary/aromatic N) is 3. The van der Waals surface area contributed by atoms with Gasteiger partial charge in [0.15, 0.2) is 0 Å². The zero-order valence-electron chi connectivity index (χ0n) is 17.6. The van der Waals surface area contributed by atoms with Crippen LogP contribution in [0.2, 0.25) is 0 Å². The second-order valence-corrected chi connectivity index (χ2v) is 8.24. The molecule has 1 aromatic heterocycles. The lowest BCUT2D eigenvalue weighted by Gasteiger charge is -2.41. The summed E-state index contributed by atoms with van der Waals surface area (Å²) < 4.78 is 6.07. The Balaban J connectivity index is 1.88. The van der Waals surface area contributed by atoms with Crippen molar-refractivity contribution in [2.24, 2.45) is 0 Å². The first-order chi connectivity index (χ1) is 13.3. The van der Waals surface area contributed by atoms with Crippen LogP contribution in [0.15, 0.2) is 59.0 Å².